The number of benzene rings is 2. The van der Waals surface area contributed by atoms with Crippen molar-refractivity contribution in [2.24, 2.45) is 0 Å². The number of nitrogens with zero attached hydrogens (tertiary/aromatic N) is 1. The Morgan fingerprint density at radius 3 is 2.35 bits per heavy atom. The monoisotopic (exact) mass is 265 g/mol. The van der Waals surface area contributed by atoms with Crippen LogP contribution in [0.3, 0.4) is 0 Å². The van der Waals surface area contributed by atoms with Crippen molar-refractivity contribution in [2.45, 2.75) is 13.8 Å². The number of ether oxygens (including phenoxy) is 1. The number of aromatic nitrogens is 1. The Hall–Kier alpha value is -2.55. The average molecular weight is 265 g/mol. The van der Waals surface area contributed by atoms with Crippen molar-refractivity contribution in [3.05, 3.63) is 59.8 Å². The molecule has 0 radical (unpaired) electrons. The Kier molecular flexibility index (Phi) is 3.03. The quantitative estimate of drug-likeness (QED) is 0.749. The van der Waals surface area contributed by atoms with Crippen LogP contribution in [-0.2, 0) is 0 Å². The van der Waals surface area contributed by atoms with Gasteiger partial charge >= 0.3 is 0 Å². The molecular weight excluding hydrogens is 250 g/mol. The third kappa shape index (κ3) is 2.43. The first-order chi connectivity index (χ1) is 9.61. The fraction of sp³-hybridized carbons (Fsp3) is 0.118. The molecule has 3 aromatic rings. The van der Waals surface area contributed by atoms with Crippen LogP contribution in [-0.4, -0.2) is 10.1 Å². The Bertz CT molecular complexity index is 764. The molecular formula is C17H15NO2. The largest absolute Gasteiger partial charge is 0.506 e. The van der Waals surface area contributed by atoms with E-state index in [2.05, 4.69) is 4.98 Å². The van der Waals surface area contributed by atoms with Crippen LogP contribution >= 0.6 is 0 Å². The van der Waals surface area contributed by atoms with Crippen LogP contribution in [0.1, 0.15) is 11.3 Å². The van der Waals surface area contributed by atoms with E-state index in [4.69, 9.17) is 4.74 Å². The summed E-state index contributed by atoms with van der Waals surface area (Å²) in [5, 5.41) is 10.5. The molecule has 0 atom stereocenters. The van der Waals surface area contributed by atoms with Crippen LogP contribution in [0.25, 0.3) is 10.9 Å². The highest BCUT2D eigenvalue weighted by molar-refractivity contribution is 5.81. The zero-order valence-electron chi connectivity index (χ0n) is 11.4. The number of hydrogen-bond donors (Lipinski definition) is 1. The second-order valence-corrected chi connectivity index (χ2v) is 4.86. The Balaban J connectivity index is 1.96. The van der Waals surface area contributed by atoms with Gasteiger partial charge in [-0.1, -0.05) is 17.7 Å². The summed E-state index contributed by atoms with van der Waals surface area (Å²) < 4.78 is 5.81. The van der Waals surface area contributed by atoms with E-state index in [1.807, 2.05) is 49.4 Å². The predicted molar refractivity (Wildman–Crippen MR) is 79.4 cm³/mol. The molecule has 1 aromatic heterocycles. The summed E-state index contributed by atoms with van der Waals surface area (Å²) in [6.07, 6.45) is 0. The van der Waals surface area contributed by atoms with Crippen LogP contribution in [0.2, 0.25) is 0 Å². The summed E-state index contributed by atoms with van der Waals surface area (Å²) in [5.74, 6) is 1.74. The van der Waals surface area contributed by atoms with Gasteiger partial charge in [0.1, 0.15) is 17.2 Å². The van der Waals surface area contributed by atoms with E-state index in [-0.39, 0.29) is 5.75 Å². The second kappa shape index (κ2) is 4.85. The third-order valence-corrected chi connectivity index (χ3v) is 3.21. The molecule has 3 nitrogen and oxygen atoms in total. The standard InChI is InChI=1S/C17H15NO2/c1-11-3-6-14(7-4-11)20-15-8-5-13-9-17(19)12(2)18-16(13)10-15/h3-10,19H,1-2H3. The molecule has 100 valence electrons. The molecule has 0 saturated carbocycles. The van der Waals surface area contributed by atoms with Crippen molar-refractivity contribution in [2.75, 3.05) is 0 Å². The molecule has 20 heavy (non-hydrogen) atoms. The van der Waals surface area contributed by atoms with Gasteiger partial charge in [0.15, 0.2) is 0 Å². The Morgan fingerprint density at radius 1 is 0.900 bits per heavy atom. The summed E-state index contributed by atoms with van der Waals surface area (Å²) in [6.45, 7) is 3.82. The van der Waals surface area contributed by atoms with Gasteiger partial charge in [0, 0.05) is 11.5 Å². The van der Waals surface area contributed by atoms with Crippen LogP contribution in [0.15, 0.2) is 48.5 Å². The number of rotatable bonds is 2. The third-order valence-electron chi connectivity index (χ3n) is 3.21. The molecule has 0 aliphatic rings. The lowest BCUT2D eigenvalue weighted by molar-refractivity contribution is 0.468. The minimum Gasteiger partial charge on any atom is -0.506 e. The predicted octanol–water partition coefficient (Wildman–Crippen LogP) is 4.35. The maximum absolute atomic E-state index is 9.65. The van der Waals surface area contributed by atoms with Crippen molar-refractivity contribution in [3.8, 4) is 17.2 Å². The summed E-state index contributed by atoms with van der Waals surface area (Å²) in [4.78, 5) is 4.36. The first-order valence-electron chi connectivity index (χ1n) is 6.47. The van der Waals surface area contributed by atoms with E-state index in [0.29, 0.717) is 5.69 Å². The number of hydrogen-bond acceptors (Lipinski definition) is 3. The van der Waals surface area contributed by atoms with Gasteiger partial charge in [-0.15, -0.1) is 0 Å². The second-order valence-electron chi connectivity index (χ2n) is 4.86. The van der Waals surface area contributed by atoms with Gasteiger partial charge in [0.05, 0.1) is 11.2 Å². The van der Waals surface area contributed by atoms with Gasteiger partial charge in [0.25, 0.3) is 0 Å². The smallest absolute Gasteiger partial charge is 0.137 e. The first-order valence-corrected chi connectivity index (χ1v) is 6.47. The van der Waals surface area contributed by atoms with Crippen LogP contribution in [0, 0.1) is 13.8 Å². The molecule has 0 unspecified atom stereocenters. The summed E-state index contributed by atoms with van der Waals surface area (Å²) >= 11 is 0. The number of pyridine rings is 1. The van der Waals surface area contributed by atoms with Crippen LogP contribution < -0.4 is 4.74 Å². The molecule has 0 spiro atoms. The van der Waals surface area contributed by atoms with E-state index >= 15 is 0 Å². The molecule has 0 amide bonds. The van der Waals surface area contributed by atoms with Gasteiger partial charge in [-0.3, -0.25) is 0 Å². The Morgan fingerprint density at radius 2 is 1.60 bits per heavy atom. The molecule has 0 aliphatic carbocycles. The highest BCUT2D eigenvalue weighted by atomic mass is 16.5. The number of aryl methyl sites for hydroxylation is 2. The SMILES string of the molecule is Cc1ccc(Oc2ccc3cc(O)c(C)nc3c2)cc1. The molecule has 0 fully saturated rings. The maximum Gasteiger partial charge on any atom is 0.137 e. The van der Waals surface area contributed by atoms with Gasteiger partial charge in [-0.25, -0.2) is 4.98 Å². The van der Waals surface area contributed by atoms with E-state index in [1.165, 1.54) is 5.56 Å². The van der Waals surface area contributed by atoms with Gasteiger partial charge in [-0.2, -0.15) is 0 Å². The minimum atomic E-state index is 0.213. The Labute approximate surface area is 117 Å². The summed E-state index contributed by atoms with van der Waals surface area (Å²) in [7, 11) is 0. The van der Waals surface area contributed by atoms with Crippen molar-refractivity contribution in [3.63, 3.8) is 0 Å². The highest BCUT2D eigenvalue weighted by Crippen LogP contribution is 2.27. The maximum atomic E-state index is 9.65. The van der Waals surface area contributed by atoms with Crippen molar-refractivity contribution >= 4 is 10.9 Å². The normalized spacial score (nSPS) is 10.7. The van der Waals surface area contributed by atoms with Gasteiger partial charge in [0.2, 0.25) is 0 Å². The van der Waals surface area contributed by atoms with Crippen molar-refractivity contribution in [1.29, 1.82) is 0 Å². The topological polar surface area (TPSA) is 42.4 Å². The number of aromatic hydroxyl groups is 1. The molecule has 0 saturated heterocycles. The molecule has 3 heteroatoms. The van der Waals surface area contributed by atoms with Crippen molar-refractivity contribution < 1.29 is 9.84 Å². The molecule has 3 rings (SSSR count). The summed E-state index contributed by atoms with van der Waals surface area (Å²) in [5.41, 5.74) is 2.62. The zero-order chi connectivity index (χ0) is 14.1. The summed E-state index contributed by atoms with van der Waals surface area (Å²) in [6, 6.07) is 15.3. The van der Waals surface area contributed by atoms with Crippen LogP contribution in [0.4, 0.5) is 0 Å². The van der Waals surface area contributed by atoms with Gasteiger partial charge < -0.3 is 9.84 Å². The van der Waals surface area contributed by atoms with E-state index in [0.717, 1.165) is 22.4 Å². The van der Waals surface area contributed by atoms with E-state index in [1.54, 1.807) is 13.0 Å². The zero-order valence-corrected chi connectivity index (χ0v) is 11.4. The van der Waals surface area contributed by atoms with Crippen molar-refractivity contribution in [1.82, 2.24) is 4.98 Å². The molecule has 2 aromatic carbocycles. The minimum absolute atomic E-state index is 0.213. The van der Waals surface area contributed by atoms with Gasteiger partial charge in [-0.05, 0) is 44.2 Å². The van der Waals surface area contributed by atoms with E-state index < -0.39 is 0 Å². The highest BCUT2D eigenvalue weighted by Gasteiger charge is 2.04. The number of fused-ring (bicyclic) bond motifs is 1. The average Bonchev–Trinajstić information content (AvgIpc) is 2.43. The fourth-order valence-corrected chi connectivity index (χ4v) is 2.04. The lowest BCUT2D eigenvalue weighted by Gasteiger charge is -2.08. The van der Waals surface area contributed by atoms with Crippen LogP contribution in [0.5, 0.6) is 17.2 Å². The lowest BCUT2D eigenvalue weighted by atomic mass is 10.2. The molecule has 0 bridgehead atoms. The fourth-order valence-electron chi connectivity index (χ4n) is 2.04. The molecule has 0 aliphatic heterocycles. The first kappa shape index (κ1) is 12.5. The molecule has 1 N–H and O–H groups in total. The van der Waals surface area contributed by atoms with E-state index in [9.17, 15) is 5.11 Å². The lowest BCUT2D eigenvalue weighted by Crippen LogP contribution is -1.88. The molecule has 1 heterocycles.